The van der Waals surface area contributed by atoms with E-state index in [0.717, 1.165) is 0 Å². The zero-order valence-corrected chi connectivity index (χ0v) is 12.0. The van der Waals surface area contributed by atoms with E-state index >= 15 is 0 Å². The number of aliphatic hydroxyl groups is 1. The third-order valence-corrected chi connectivity index (χ3v) is 3.38. The number of aromatic carboxylic acids is 1. The number of hydrogen-bond acceptors (Lipinski definition) is 3. The minimum Gasteiger partial charge on any atom is -0.478 e. The molecule has 0 atom stereocenters. The number of carboxylic acids is 1. The molecule has 0 aliphatic heterocycles. The molecule has 2 aromatic carbocycles. The number of Topliss-reactive ketones (excluding diaryl/α,β-unsaturated/α-hetero) is 1. The van der Waals surface area contributed by atoms with E-state index in [2.05, 4.69) is 0 Å². The van der Waals surface area contributed by atoms with Crippen molar-refractivity contribution >= 4 is 23.4 Å². The topological polar surface area (TPSA) is 74.6 Å². The van der Waals surface area contributed by atoms with Crippen molar-refractivity contribution in [1.82, 2.24) is 0 Å². The van der Waals surface area contributed by atoms with Gasteiger partial charge in [-0.25, -0.2) is 4.79 Å². The molecule has 108 valence electrons. The minimum atomic E-state index is -1.11. The zero-order valence-electron chi connectivity index (χ0n) is 11.3. The van der Waals surface area contributed by atoms with Crippen LogP contribution in [0.3, 0.4) is 0 Å². The molecule has 2 rings (SSSR count). The molecule has 0 aliphatic rings. The van der Waals surface area contributed by atoms with E-state index in [1.165, 1.54) is 25.1 Å². The van der Waals surface area contributed by atoms with Gasteiger partial charge in [0.05, 0.1) is 12.2 Å². The lowest BCUT2D eigenvalue weighted by atomic mass is 9.92. The van der Waals surface area contributed by atoms with Gasteiger partial charge in [-0.1, -0.05) is 23.7 Å². The van der Waals surface area contributed by atoms with Crippen LogP contribution in [0.15, 0.2) is 36.4 Å². The number of rotatable bonds is 4. The summed E-state index contributed by atoms with van der Waals surface area (Å²) in [6.07, 6.45) is 0. The SMILES string of the molecule is CC(=O)c1ccc(CO)cc1-c1cc(Cl)ccc1C(=O)O. The normalized spacial score (nSPS) is 10.4. The predicted octanol–water partition coefficient (Wildman–Crippen LogP) is 3.40. The molecule has 0 aromatic heterocycles. The first-order valence-corrected chi connectivity index (χ1v) is 6.59. The van der Waals surface area contributed by atoms with Gasteiger partial charge >= 0.3 is 5.97 Å². The molecule has 21 heavy (non-hydrogen) atoms. The first-order valence-electron chi connectivity index (χ1n) is 6.22. The van der Waals surface area contributed by atoms with Crippen LogP contribution < -0.4 is 0 Å². The fourth-order valence-electron chi connectivity index (χ4n) is 2.15. The average molecular weight is 305 g/mol. The highest BCUT2D eigenvalue weighted by Crippen LogP contribution is 2.31. The van der Waals surface area contributed by atoms with Gasteiger partial charge in [-0.3, -0.25) is 4.79 Å². The Bertz CT molecular complexity index is 722. The largest absolute Gasteiger partial charge is 0.478 e. The van der Waals surface area contributed by atoms with E-state index in [-0.39, 0.29) is 18.0 Å². The maximum absolute atomic E-state index is 11.8. The van der Waals surface area contributed by atoms with E-state index in [9.17, 15) is 19.8 Å². The Morgan fingerprint density at radius 2 is 1.67 bits per heavy atom. The van der Waals surface area contributed by atoms with Crippen molar-refractivity contribution in [3.8, 4) is 11.1 Å². The van der Waals surface area contributed by atoms with Crippen LogP contribution in [-0.2, 0) is 6.61 Å². The molecule has 0 amide bonds. The Kier molecular flexibility index (Phi) is 4.40. The van der Waals surface area contributed by atoms with Crippen LogP contribution in [0.4, 0.5) is 0 Å². The van der Waals surface area contributed by atoms with Gasteiger partial charge in [0.2, 0.25) is 0 Å². The smallest absolute Gasteiger partial charge is 0.336 e. The second-order valence-corrected chi connectivity index (χ2v) is 5.03. The molecule has 4 nitrogen and oxygen atoms in total. The van der Waals surface area contributed by atoms with Crippen molar-refractivity contribution in [2.45, 2.75) is 13.5 Å². The fourth-order valence-corrected chi connectivity index (χ4v) is 2.32. The third kappa shape index (κ3) is 3.12. The quantitative estimate of drug-likeness (QED) is 0.849. The van der Waals surface area contributed by atoms with Crippen LogP contribution in [-0.4, -0.2) is 22.0 Å². The molecular formula is C16H13ClO4. The molecule has 0 bridgehead atoms. The van der Waals surface area contributed by atoms with Crippen LogP contribution in [0, 0.1) is 0 Å². The van der Waals surface area contributed by atoms with Gasteiger partial charge in [0, 0.05) is 10.6 Å². The molecule has 0 saturated carbocycles. The maximum Gasteiger partial charge on any atom is 0.336 e. The summed E-state index contributed by atoms with van der Waals surface area (Å²) < 4.78 is 0. The summed E-state index contributed by atoms with van der Waals surface area (Å²) in [6, 6.07) is 9.21. The number of halogens is 1. The highest BCUT2D eigenvalue weighted by atomic mass is 35.5. The number of hydrogen-bond donors (Lipinski definition) is 2. The number of carbonyl (C=O) groups excluding carboxylic acids is 1. The lowest BCUT2D eigenvalue weighted by Gasteiger charge is -2.12. The standard InChI is InChI=1S/C16H13ClO4/c1-9(19)12-4-2-10(8-18)6-14(12)15-7-11(17)3-5-13(15)16(20)21/h2-7,18H,8H2,1H3,(H,20,21). The van der Waals surface area contributed by atoms with Gasteiger partial charge in [-0.2, -0.15) is 0 Å². The van der Waals surface area contributed by atoms with E-state index in [1.54, 1.807) is 18.2 Å². The van der Waals surface area contributed by atoms with Gasteiger partial charge < -0.3 is 10.2 Å². The Balaban J connectivity index is 2.78. The number of carbonyl (C=O) groups is 2. The van der Waals surface area contributed by atoms with Gasteiger partial charge in [0.1, 0.15) is 0 Å². The molecule has 2 aromatic rings. The highest BCUT2D eigenvalue weighted by molar-refractivity contribution is 6.31. The van der Waals surface area contributed by atoms with Gasteiger partial charge in [-0.15, -0.1) is 0 Å². The number of aliphatic hydroxyl groups excluding tert-OH is 1. The van der Waals surface area contributed by atoms with E-state index in [1.807, 2.05) is 0 Å². The van der Waals surface area contributed by atoms with Crippen LogP contribution >= 0.6 is 11.6 Å². The Labute approximate surface area is 126 Å². The van der Waals surface area contributed by atoms with E-state index < -0.39 is 5.97 Å². The molecule has 0 spiro atoms. The lowest BCUT2D eigenvalue weighted by molar-refractivity contribution is 0.0697. The van der Waals surface area contributed by atoms with Crippen LogP contribution in [0.1, 0.15) is 33.2 Å². The second-order valence-electron chi connectivity index (χ2n) is 4.59. The number of ketones is 1. The van der Waals surface area contributed by atoms with Gasteiger partial charge in [-0.05, 0) is 47.9 Å². The van der Waals surface area contributed by atoms with Crippen LogP contribution in [0.25, 0.3) is 11.1 Å². The van der Waals surface area contributed by atoms with Gasteiger partial charge in [0.15, 0.2) is 5.78 Å². The summed E-state index contributed by atoms with van der Waals surface area (Å²) >= 11 is 5.95. The van der Waals surface area contributed by atoms with Crippen molar-refractivity contribution in [2.24, 2.45) is 0 Å². The molecule has 0 saturated heterocycles. The van der Waals surface area contributed by atoms with Crippen LogP contribution in [0.2, 0.25) is 5.02 Å². The maximum atomic E-state index is 11.8. The summed E-state index contributed by atoms with van der Waals surface area (Å²) in [5.41, 5.74) is 1.84. The Morgan fingerprint density at radius 3 is 2.24 bits per heavy atom. The average Bonchev–Trinajstić information content (AvgIpc) is 2.46. The first kappa shape index (κ1) is 15.2. The summed E-state index contributed by atoms with van der Waals surface area (Å²) in [5.74, 6) is -1.30. The van der Waals surface area contributed by atoms with Crippen molar-refractivity contribution in [3.05, 3.63) is 58.1 Å². The summed E-state index contributed by atoms with van der Waals surface area (Å²) in [4.78, 5) is 23.1. The van der Waals surface area contributed by atoms with Crippen molar-refractivity contribution < 1.29 is 19.8 Å². The molecule has 0 aliphatic carbocycles. The highest BCUT2D eigenvalue weighted by Gasteiger charge is 2.17. The first-order chi connectivity index (χ1) is 9.93. The monoisotopic (exact) mass is 304 g/mol. The molecule has 2 N–H and O–H groups in total. The second kappa shape index (κ2) is 6.08. The number of carboxylic acid groups (broad SMARTS) is 1. The van der Waals surface area contributed by atoms with Crippen molar-refractivity contribution in [2.75, 3.05) is 0 Å². The Morgan fingerprint density at radius 1 is 1.05 bits per heavy atom. The molecule has 0 heterocycles. The van der Waals surface area contributed by atoms with Gasteiger partial charge in [0.25, 0.3) is 0 Å². The van der Waals surface area contributed by atoms with E-state index in [0.29, 0.717) is 27.3 Å². The summed E-state index contributed by atoms with van der Waals surface area (Å²) in [6.45, 7) is 1.20. The minimum absolute atomic E-state index is 0.0528. The zero-order chi connectivity index (χ0) is 15.6. The number of benzene rings is 2. The third-order valence-electron chi connectivity index (χ3n) is 3.15. The summed E-state index contributed by atoms with van der Waals surface area (Å²) in [5, 5.41) is 18.9. The lowest BCUT2D eigenvalue weighted by Crippen LogP contribution is -2.04. The molecule has 5 heteroatoms. The fraction of sp³-hybridized carbons (Fsp3) is 0.125. The predicted molar refractivity (Wildman–Crippen MR) is 79.8 cm³/mol. The summed E-state index contributed by atoms with van der Waals surface area (Å²) in [7, 11) is 0. The molecule has 0 fully saturated rings. The molecular weight excluding hydrogens is 292 g/mol. The van der Waals surface area contributed by atoms with Crippen LogP contribution in [0.5, 0.6) is 0 Å². The molecule has 0 unspecified atom stereocenters. The molecule has 0 radical (unpaired) electrons. The van der Waals surface area contributed by atoms with E-state index in [4.69, 9.17) is 11.6 Å². The Hall–Kier alpha value is -2.17. The van der Waals surface area contributed by atoms with Crippen molar-refractivity contribution in [3.63, 3.8) is 0 Å². The van der Waals surface area contributed by atoms with Crippen molar-refractivity contribution in [1.29, 1.82) is 0 Å².